The number of likely N-dealkylation sites (N-methyl/N-ethyl adjacent to an activating group) is 1. The topological polar surface area (TPSA) is 41.6 Å². The first-order valence-electron chi connectivity index (χ1n) is 6.80. The molecule has 0 bridgehead atoms. The number of hydrogen-bond acceptors (Lipinski definition) is 4. The summed E-state index contributed by atoms with van der Waals surface area (Å²) in [6, 6.07) is 0.845. The number of likely N-dealkylation sites (tertiary alicyclic amines) is 1. The van der Waals surface area contributed by atoms with Crippen molar-refractivity contribution in [2.75, 3.05) is 26.2 Å². The van der Waals surface area contributed by atoms with Crippen molar-refractivity contribution in [3.8, 4) is 0 Å². The molecule has 1 aliphatic heterocycles. The van der Waals surface area contributed by atoms with Gasteiger partial charge in [-0.3, -0.25) is 9.69 Å². The molecule has 0 aromatic carbocycles. The van der Waals surface area contributed by atoms with Crippen molar-refractivity contribution >= 4 is 5.97 Å². The second-order valence-corrected chi connectivity index (χ2v) is 4.74. The molecule has 0 aliphatic carbocycles. The zero-order valence-corrected chi connectivity index (χ0v) is 11.4. The van der Waals surface area contributed by atoms with Crippen LogP contribution in [0.25, 0.3) is 0 Å². The SMILES string of the molecule is CCOC(=O)CC(C)NCC1CCCN1CC. The Morgan fingerprint density at radius 1 is 1.53 bits per heavy atom. The van der Waals surface area contributed by atoms with E-state index in [2.05, 4.69) is 17.1 Å². The summed E-state index contributed by atoms with van der Waals surface area (Å²) >= 11 is 0. The van der Waals surface area contributed by atoms with Gasteiger partial charge in [-0.25, -0.2) is 0 Å². The molecular weight excluding hydrogens is 216 g/mol. The molecule has 1 rings (SSSR count). The Kier molecular flexibility index (Phi) is 6.52. The molecule has 0 spiro atoms. The molecule has 1 aliphatic rings. The van der Waals surface area contributed by atoms with Crippen molar-refractivity contribution < 1.29 is 9.53 Å². The third kappa shape index (κ3) is 5.04. The summed E-state index contributed by atoms with van der Waals surface area (Å²) in [6.45, 7) is 9.88. The molecule has 17 heavy (non-hydrogen) atoms. The average Bonchev–Trinajstić information content (AvgIpc) is 2.73. The van der Waals surface area contributed by atoms with Crippen LogP contribution in [0.5, 0.6) is 0 Å². The minimum absolute atomic E-state index is 0.105. The number of rotatable bonds is 7. The Balaban J connectivity index is 2.18. The van der Waals surface area contributed by atoms with Gasteiger partial charge in [0.15, 0.2) is 0 Å². The number of hydrogen-bond donors (Lipinski definition) is 1. The van der Waals surface area contributed by atoms with Crippen molar-refractivity contribution in [3.05, 3.63) is 0 Å². The zero-order valence-electron chi connectivity index (χ0n) is 11.4. The second-order valence-electron chi connectivity index (χ2n) is 4.74. The molecule has 1 saturated heterocycles. The molecule has 100 valence electrons. The predicted octanol–water partition coefficient (Wildman–Crippen LogP) is 1.40. The van der Waals surface area contributed by atoms with E-state index in [0.29, 0.717) is 19.1 Å². The Morgan fingerprint density at radius 2 is 2.29 bits per heavy atom. The quantitative estimate of drug-likeness (QED) is 0.685. The average molecular weight is 242 g/mol. The Labute approximate surface area is 105 Å². The highest BCUT2D eigenvalue weighted by molar-refractivity contribution is 5.69. The van der Waals surface area contributed by atoms with Crippen molar-refractivity contribution in [1.29, 1.82) is 0 Å². The summed E-state index contributed by atoms with van der Waals surface area (Å²) in [6.07, 6.45) is 3.03. The smallest absolute Gasteiger partial charge is 0.307 e. The lowest BCUT2D eigenvalue weighted by Crippen LogP contribution is -2.41. The highest BCUT2D eigenvalue weighted by Crippen LogP contribution is 2.15. The summed E-state index contributed by atoms with van der Waals surface area (Å²) in [7, 11) is 0. The Morgan fingerprint density at radius 3 is 2.94 bits per heavy atom. The third-order valence-corrected chi connectivity index (χ3v) is 3.39. The third-order valence-electron chi connectivity index (χ3n) is 3.39. The first kappa shape index (κ1) is 14.5. The van der Waals surface area contributed by atoms with E-state index in [1.807, 2.05) is 13.8 Å². The first-order valence-corrected chi connectivity index (χ1v) is 6.80. The van der Waals surface area contributed by atoms with Crippen LogP contribution in [-0.2, 0) is 9.53 Å². The van der Waals surface area contributed by atoms with Crippen LogP contribution in [0, 0.1) is 0 Å². The summed E-state index contributed by atoms with van der Waals surface area (Å²) < 4.78 is 4.94. The van der Waals surface area contributed by atoms with Gasteiger partial charge in [0.25, 0.3) is 0 Å². The van der Waals surface area contributed by atoms with Gasteiger partial charge >= 0.3 is 5.97 Å². The van der Waals surface area contributed by atoms with Gasteiger partial charge in [-0.15, -0.1) is 0 Å². The molecule has 2 atom stereocenters. The largest absolute Gasteiger partial charge is 0.466 e. The lowest BCUT2D eigenvalue weighted by Gasteiger charge is -2.24. The van der Waals surface area contributed by atoms with E-state index in [0.717, 1.165) is 13.1 Å². The minimum atomic E-state index is -0.105. The van der Waals surface area contributed by atoms with Crippen molar-refractivity contribution in [2.45, 2.75) is 52.1 Å². The fourth-order valence-corrected chi connectivity index (χ4v) is 2.42. The van der Waals surface area contributed by atoms with Crippen molar-refractivity contribution in [2.24, 2.45) is 0 Å². The van der Waals surface area contributed by atoms with E-state index in [1.165, 1.54) is 19.4 Å². The molecule has 0 aromatic rings. The number of nitrogens with zero attached hydrogens (tertiary/aromatic N) is 1. The molecule has 1 fully saturated rings. The molecule has 4 heteroatoms. The lowest BCUT2D eigenvalue weighted by atomic mass is 10.2. The summed E-state index contributed by atoms with van der Waals surface area (Å²) in [5.74, 6) is -0.105. The van der Waals surface area contributed by atoms with Crippen molar-refractivity contribution in [3.63, 3.8) is 0 Å². The monoisotopic (exact) mass is 242 g/mol. The van der Waals surface area contributed by atoms with Crippen LogP contribution >= 0.6 is 0 Å². The molecule has 0 radical (unpaired) electrons. The van der Waals surface area contributed by atoms with Gasteiger partial charge < -0.3 is 10.1 Å². The Hall–Kier alpha value is -0.610. The number of esters is 1. The summed E-state index contributed by atoms with van der Waals surface area (Å²) in [5.41, 5.74) is 0. The second kappa shape index (κ2) is 7.67. The van der Waals surface area contributed by atoms with Crippen LogP contribution in [0.2, 0.25) is 0 Å². The van der Waals surface area contributed by atoms with Gasteiger partial charge in [0.1, 0.15) is 0 Å². The van der Waals surface area contributed by atoms with Crippen LogP contribution in [-0.4, -0.2) is 49.2 Å². The maximum Gasteiger partial charge on any atom is 0.307 e. The van der Waals surface area contributed by atoms with E-state index >= 15 is 0 Å². The number of nitrogens with one attached hydrogen (secondary N) is 1. The van der Waals surface area contributed by atoms with Gasteiger partial charge in [0.05, 0.1) is 13.0 Å². The standard InChI is InChI=1S/C13H26N2O2/c1-4-15-8-6-7-12(15)10-14-11(3)9-13(16)17-5-2/h11-12,14H,4-10H2,1-3H3. The van der Waals surface area contributed by atoms with Gasteiger partial charge in [-0.2, -0.15) is 0 Å². The van der Waals surface area contributed by atoms with E-state index < -0.39 is 0 Å². The molecule has 2 unspecified atom stereocenters. The number of ether oxygens (including phenoxy) is 1. The number of carbonyl (C=O) groups is 1. The minimum Gasteiger partial charge on any atom is -0.466 e. The van der Waals surface area contributed by atoms with Gasteiger partial charge in [0.2, 0.25) is 0 Å². The van der Waals surface area contributed by atoms with Crippen LogP contribution in [0.15, 0.2) is 0 Å². The molecule has 0 saturated carbocycles. The van der Waals surface area contributed by atoms with Crippen LogP contribution < -0.4 is 5.32 Å². The molecular formula is C13H26N2O2. The normalized spacial score (nSPS) is 22.6. The molecule has 0 aromatic heterocycles. The lowest BCUT2D eigenvalue weighted by molar-refractivity contribution is -0.143. The van der Waals surface area contributed by atoms with Crippen LogP contribution in [0.3, 0.4) is 0 Å². The summed E-state index contributed by atoms with van der Waals surface area (Å²) in [4.78, 5) is 13.8. The maximum atomic E-state index is 11.3. The zero-order chi connectivity index (χ0) is 12.7. The highest BCUT2D eigenvalue weighted by Gasteiger charge is 2.23. The molecule has 1 N–H and O–H groups in total. The van der Waals surface area contributed by atoms with Gasteiger partial charge in [0, 0.05) is 18.6 Å². The van der Waals surface area contributed by atoms with Gasteiger partial charge in [-0.05, 0) is 39.8 Å². The number of carbonyl (C=O) groups excluding carboxylic acids is 1. The van der Waals surface area contributed by atoms with Crippen LogP contribution in [0.1, 0.15) is 40.0 Å². The molecule has 0 amide bonds. The summed E-state index contributed by atoms with van der Waals surface area (Å²) in [5, 5.41) is 3.44. The fraction of sp³-hybridized carbons (Fsp3) is 0.923. The van der Waals surface area contributed by atoms with Crippen molar-refractivity contribution in [1.82, 2.24) is 10.2 Å². The first-order chi connectivity index (χ1) is 8.17. The van der Waals surface area contributed by atoms with E-state index in [-0.39, 0.29) is 12.0 Å². The fourth-order valence-electron chi connectivity index (χ4n) is 2.42. The Bertz CT molecular complexity index is 233. The van der Waals surface area contributed by atoms with Crippen LogP contribution in [0.4, 0.5) is 0 Å². The predicted molar refractivity (Wildman–Crippen MR) is 69.0 cm³/mol. The van der Waals surface area contributed by atoms with E-state index in [1.54, 1.807) is 0 Å². The maximum absolute atomic E-state index is 11.3. The van der Waals surface area contributed by atoms with Gasteiger partial charge in [-0.1, -0.05) is 6.92 Å². The molecule has 4 nitrogen and oxygen atoms in total. The molecule has 1 heterocycles. The van der Waals surface area contributed by atoms with E-state index in [4.69, 9.17) is 4.74 Å². The van der Waals surface area contributed by atoms with E-state index in [9.17, 15) is 4.79 Å². The highest BCUT2D eigenvalue weighted by atomic mass is 16.5.